The molecule has 2 rings (SSSR count). The zero-order valence-corrected chi connectivity index (χ0v) is 12.1. The summed E-state index contributed by atoms with van der Waals surface area (Å²) in [5, 5.41) is 2.62. The fourth-order valence-electron chi connectivity index (χ4n) is 1.83. The quantitative estimate of drug-likeness (QED) is 0.858. The predicted molar refractivity (Wildman–Crippen MR) is 81.4 cm³/mol. The summed E-state index contributed by atoms with van der Waals surface area (Å²) in [4.78, 5) is 23.8. The van der Waals surface area contributed by atoms with Crippen molar-refractivity contribution in [2.75, 3.05) is 11.9 Å². The minimum Gasteiger partial charge on any atom is -0.462 e. The van der Waals surface area contributed by atoms with E-state index in [0.717, 1.165) is 12.5 Å². The van der Waals surface area contributed by atoms with Gasteiger partial charge in [0.15, 0.2) is 0 Å². The molecule has 0 aromatic heterocycles. The van der Waals surface area contributed by atoms with Gasteiger partial charge in [0.05, 0.1) is 12.2 Å². The Labute approximate surface area is 127 Å². The molecule has 1 amide bonds. The number of anilines is 1. The largest absolute Gasteiger partial charge is 0.462 e. The molecule has 0 saturated heterocycles. The van der Waals surface area contributed by atoms with E-state index in [9.17, 15) is 14.0 Å². The number of hydrogen-bond donors (Lipinski definition) is 1. The Kier molecular flexibility index (Phi) is 5.25. The maximum atomic E-state index is 13.1. The molecule has 5 heteroatoms. The van der Waals surface area contributed by atoms with Gasteiger partial charge >= 0.3 is 5.97 Å². The van der Waals surface area contributed by atoms with Crippen LogP contribution in [0.4, 0.5) is 10.1 Å². The summed E-state index contributed by atoms with van der Waals surface area (Å²) in [6.45, 7) is 2.25. The van der Waals surface area contributed by atoms with Gasteiger partial charge in [-0.05, 0) is 42.8 Å². The molecule has 0 aliphatic rings. The molecule has 2 aromatic carbocycles. The second-order valence-corrected chi connectivity index (χ2v) is 4.68. The molecule has 0 aliphatic carbocycles. The van der Waals surface area contributed by atoms with E-state index in [2.05, 4.69) is 5.32 Å². The van der Waals surface area contributed by atoms with E-state index in [-0.39, 0.29) is 5.56 Å². The van der Waals surface area contributed by atoms with Gasteiger partial charge < -0.3 is 10.1 Å². The Bertz CT molecular complexity index is 685. The number of benzene rings is 2. The normalized spacial score (nSPS) is 10.1. The van der Waals surface area contributed by atoms with Crippen molar-refractivity contribution in [1.82, 2.24) is 0 Å². The van der Waals surface area contributed by atoms with Crippen LogP contribution < -0.4 is 5.32 Å². The second kappa shape index (κ2) is 7.36. The predicted octanol–water partition coefficient (Wildman–Crippen LogP) is 3.64. The van der Waals surface area contributed by atoms with Gasteiger partial charge in [-0.1, -0.05) is 19.1 Å². The lowest BCUT2D eigenvalue weighted by atomic mass is 10.1. The molecule has 2 aromatic rings. The third-order valence-electron chi connectivity index (χ3n) is 2.88. The molecule has 0 atom stereocenters. The topological polar surface area (TPSA) is 55.4 Å². The molecular formula is C17H16FNO3. The molecule has 0 fully saturated rings. The zero-order chi connectivity index (χ0) is 15.9. The summed E-state index contributed by atoms with van der Waals surface area (Å²) in [6.07, 6.45) is 0.738. The Balaban J connectivity index is 2.10. The number of amides is 1. The molecule has 1 N–H and O–H groups in total. The molecule has 0 aliphatic heterocycles. The van der Waals surface area contributed by atoms with Crippen molar-refractivity contribution in [1.29, 1.82) is 0 Å². The van der Waals surface area contributed by atoms with Gasteiger partial charge in [-0.25, -0.2) is 9.18 Å². The summed E-state index contributed by atoms with van der Waals surface area (Å²) in [5.74, 6) is -1.37. The molecule has 114 valence electrons. The highest BCUT2D eigenvalue weighted by Crippen LogP contribution is 2.14. The van der Waals surface area contributed by atoms with E-state index in [4.69, 9.17) is 4.74 Å². The van der Waals surface area contributed by atoms with Crippen LogP contribution in [-0.2, 0) is 4.74 Å². The summed E-state index contributed by atoms with van der Waals surface area (Å²) < 4.78 is 18.1. The van der Waals surface area contributed by atoms with Crippen LogP contribution in [0.15, 0.2) is 48.5 Å². The zero-order valence-electron chi connectivity index (χ0n) is 12.1. The Hall–Kier alpha value is -2.69. The average molecular weight is 301 g/mol. The van der Waals surface area contributed by atoms with Gasteiger partial charge in [0.2, 0.25) is 0 Å². The van der Waals surface area contributed by atoms with Crippen molar-refractivity contribution in [2.45, 2.75) is 13.3 Å². The second-order valence-electron chi connectivity index (χ2n) is 4.68. The van der Waals surface area contributed by atoms with E-state index < -0.39 is 17.7 Å². The van der Waals surface area contributed by atoms with Gasteiger partial charge in [0, 0.05) is 11.3 Å². The number of nitrogens with one attached hydrogen (secondary N) is 1. The summed E-state index contributed by atoms with van der Waals surface area (Å²) in [5.41, 5.74) is 1.00. The Morgan fingerprint density at radius 2 is 1.82 bits per heavy atom. The number of halogens is 1. The van der Waals surface area contributed by atoms with Crippen molar-refractivity contribution >= 4 is 17.6 Å². The molecular weight excluding hydrogens is 285 g/mol. The highest BCUT2D eigenvalue weighted by Gasteiger charge is 2.10. The van der Waals surface area contributed by atoms with Gasteiger partial charge in [-0.2, -0.15) is 0 Å². The highest BCUT2D eigenvalue weighted by molar-refractivity contribution is 6.04. The SMILES string of the molecule is CCCOC(=O)c1cccc(NC(=O)c2cccc(F)c2)c1. The fourth-order valence-corrected chi connectivity index (χ4v) is 1.83. The Morgan fingerprint density at radius 3 is 2.55 bits per heavy atom. The van der Waals surface area contributed by atoms with Crippen LogP contribution in [-0.4, -0.2) is 18.5 Å². The molecule has 0 heterocycles. The van der Waals surface area contributed by atoms with Crippen LogP contribution in [0.1, 0.15) is 34.1 Å². The standard InChI is InChI=1S/C17H16FNO3/c1-2-9-22-17(21)13-6-4-8-15(11-13)19-16(20)12-5-3-7-14(18)10-12/h3-8,10-11H,2,9H2,1H3,(H,19,20). The minimum atomic E-state index is -0.482. The van der Waals surface area contributed by atoms with Gasteiger partial charge in [-0.3, -0.25) is 4.79 Å². The third-order valence-corrected chi connectivity index (χ3v) is 2.88. The van der Waals surface area contributed by atoms with Crippen LogP contribution in [0.3, 0.4) is 0 Å². The maximum absolute atomic E-state index is 13.1. The minimum absolute atomic E-state index is 0.207. The van der Waals surface area contributed by atoms with E-state index >= 15 is 0 Å². The Morgan fingerprint density at radius 1 is 1.09 bits per heavy atom. The molecule has 0 bridgehead atoms. The monoisotopic (exact) mass is 301 g/mol. The average Bonchev–Trinajstić information content (AvgIpc) is 2.52. The number of hydrogen-bond acceptors (Lipinski definition) is 3. The van der Waals surface area contributed by atoms with Crippen molar-refractivity contribution in [3.63, 3.8) is 0 Å². The first-order chi connectivity index (χ1) is 10.6. The molecule has 0 radical (unpaired) electrons. The number of carbonyl (C=O) groups is 2. The van der Waals surface area contributed by atoms with Crippen molar-refractivity contribution < 1.29 is 18.7 Å². The summed E-state index contributed by atoms with van der Waals surface area (Å²) >= 11 is 0. The molecule has 0 unspecified atom stereocenters. The van der Waals surface area contributed by atoms with Crippen molar-refractivity contribution in [2.24, 2.45) is 0 Å². The molecule has 22 heavy (non-hydrogen) atoms. The van der Waals surface area contributed by atoms with Crippen LogP contribution in [0.5, 0.6) is 0 Å². The fraction of sp³-hybridized carbons (Fsp3) is 0.176. The highest BCUT2D eigenvalue weighted by atomic mass is 19.1. The first kappa shape index (κ1) is 15.7. The van der Waals surface area contributed by atoms with Gasteiger partial charge in [0.25, 0.3) is 5.91 Å². The van der Waals surface area contributed by atoms with Crippen LogP contribution >= 0.6 is 0 Å². The lowest BCUT2D eigenvalue weighted by molar-refractivity contribution is 0.0505. The van der Waals surface area contributed by atoms with Crippen molar-refractivity contribution in [3.8, 4) is 0 Å². The number of esters is 1. The van der Waals surface area contributed by atoms with E-state index in [1.807, 2.05) is 6.92 Å². The number of ether oxygens (including phenoxy) is 1. The number of carbonyl (C=O) groups excluding carboxylic acids is 2. The van der Waals surface area contributed by atoms with Gasteiger partial charge in [-0.15, -0.1) is 0 Å². The summed E-state index contributed by atoms with van der Waals surface area (Å²) in [6, 6.07) is 11.8. The first-order valence-electron chi connectivity index (χ1n) is 6.94. The first-order valence-corrected chi connectivity index (χ1v) is 6.94. The van der Waals surface area contributed by atoms with Crippen LogP contribution in [0.2, 0.25) is 0 Å². The summed E-state index contributed by atoms with van der Waals surface area (Å²) in [7, 11) is 0. The van der Waals surface area contributed by atoms with E-state index in [0.29, 0.717) is 17.9 Å². The van der Waals surface area contributed by atoms with Crippen LogP contribution in [0.25, 0.3) is 0 Å². The lowest BCUT2D eigenvalue weighted by Crippen LogP contribution is -2.13. The smallest absolute Gasteiger partial charge is 0.338 e. The number of rotatable bonds is 5. The lowest BCUT2D eigenvalue weighted by Gasteiger charge is -2.08. The third kappa shape index (κ3) is 4.15. The van der Waals surface area contributed by atoms with E-state index in [1.54, 1.807) is 18.2 Å². The molecule has 0 saturated carbocycles. The van der Waals surface area contributed by atoms with Crippen LogP contribution in [0, 0.1) is 5.82 Å². The molecule has 0 spiro atoms. The van der Waals surface area contributed by atoms with E-state index in [1.165, 1.54) is 24.3 Å². The molecule has 4 nitrogen and oxygen atoms in total. The van der Waals surface area contributed by atoms with Gasteiger partial charge in [0.1, 0.15) is 5.82 Å². The van der Waals surface area contributed by atoms with Crippen molar-refractivity contribution in [3.05, 3.63) is 65.5 Å². The maximum Gasteiger partial charge on any atom is 0.338 e.